The molecule has 1 rings (SSSR count). The Morgan fingerprint density at radius 2 is 2.05 bits per heavy atom. The van der Waals surface area contributed by atoms with Crippen LogP contribution in [0.1, 0.15) is 0 Å². The summed E-state index contributed by atoms with van der Waals surface area (Å²) in [6, 6.07) is 2.91. The van der Waals surface area contributed by atoms with Gasteiger partial charge in [0.1, 0.15) is 10.6 Å². The van der Waals surface area contributed by atoms with Gasteiger partial charge in [0.15, 0.2) is 0 Å². The van der Waals surface area contributed by atoms with Crippen LogP contribution in [0.4, 0.5) is 5.69 Å². The van der Waals surface area contributed by atoms with E-state index >= 15 is 0 Å². The summed E-state index contributed by atoms with van der Waals surface area (Å²) in [7, 11) is 1.51. The van der Waals surface area contributed by atoms with E-state index < -0.39 is 10.0 Å². The Labute approximate surface area is 122 Å². The highest BCUT2D eigenvalue weighted by Gasteiger charge is 2.20. The zero-order valence-electron chi connectivity index (χ0n) is 11.1. The van der Waals surface area contributed by atoms with Crippen LogP contribution in [0.5, 0.6) is 5.75 Å². The maximum absolute atomic E-state index is 12.2. The van der Waals surface area contributed by atoms with Gasteiger partial charge >= 0.3 is 0 Å². The molecule has 108 valence electrons. The first-order chi connectivity index (χ1) is 8.77. The molecule has 0 bridgehead atoms. The standard InChI is InChI=1S/C11H18BrN3O3S/c1-15(2)5-4-14-19(16,17)11-7-9(13)8(12)6-10(11)18-3/h6-7,14H,4-5,13H2,1-3H3. The van der Waals surface area contributed by atoms with Crippen LogP contribution < -0.4 is 15.2 Å². The molecule has 0 unspecified atom stereocenters. The number of benzene rings is 1. The summed E-state index contributed by atoms with van der Waals surface area (Å²) in [5.41, 5.74) is 6.06. The minimum Gasteiger partial charge on any atom is -0.495 e. The lowest BCUT2D eigenvalue weighted by Gasteiger charge is -2.14. The number of hydrogen-bond acceptors (Lipinski definition) is 5. The molecule has 0 radical (unpaired) electrons. The topological polar surface area (TPSA) is 84.7 Å². The number of sulfonamides is 1. The maximum atomic E-state index is 12.2. The number of nitrogens with one attached hydrogen (secondary N) is 1. The molecule has 0 aliphatic carbocycles. The van der Waals surface area contributed by atoms with Crippen LogP contribution in [0.3, 0.4) is 0 Å². The monoisotopic (exact) mass is 351 g/mol. The Morgan fingerprint density at radius 1 is 1.42 bits per heavy atom. The van der Waals surface area contributed by atoms with Crippen molar-refractivity contribution >= 4 is 31.6 Å². The molecule has 0 amide bonds. The molecular weight excluding hydrogens is 334 g/mol. The number of likely N-dealkylation sites (N-methyl/N-ethyl adjacent to an activating group) is 1. The third kappa shape index (κ3) is 4.34. The van der Waals surface area contributed by atoms with Crippen LogP contribution in [-0.4, -0.2) is 47.6 Å². The summed E-state index contributed by atoms with van der Waals surface area (Å²) < 4.78 is 32.5. The van der Waals surface area contributed by atoms with E-state index in [0.717, 1.165) is 0 Å². The van der Waals surface area contributed by atoms with Crippen molar-refractivity contribution in [1.82, 2.24) is 9.62 Å². The number of rotatable bonds is 6. The Balaban J connectivity index is 3.03. The number of halogens is 1. The van der Waals surface area contributed by atoms with Crippen LogP contribution in [0.15, 0.2) is 21.5 Å². The van der Waals surface area contributed by atoms with E-state index in [1.165, 1.54) is 19.2 Å². The Morgan fingerprint density at radius 3 is 2.58 bits per heavy atom. The molecule has 0 saturated carbocycles. The predicted octanol–water partition coefficient (Wildman–Crippen LogP) is 0.880. The molecule has 19 heavy (non-hydrogen) atoms. The fourth-order valence-electron chi connectivity index (χ4n) is 1.40. The molecular formula is C11H18BrN3O3S. The fourth-order valence-corrected chi connectivity index (χ4v) is 2.93. The average molecular weight is 352 g/mol. The number of hydrogen-bond donors (Lipinski definition) is 2. The fraction of sp³-hybridized carbons (Fsp3) is 0.455. The zero-order chi connectivity index (χ0) is 14.6. The third-order valence-electron chi connectivity index (χ3n) is 2.42. The summed E-state index contributed by atoms with van der Waals surface area (Å²) >= 11 is 3.23. The molecule has 1 aromatic carbocycles. The van der Waals surface area contributed by atoms with E-state index in [0.29, 0.717) is 23.2 Å². The first-order valence-electron chi connectivity index (χ1n) is 5.55. The number of nitrogens with zero attached hydrogens (tertiary/aromatic N) is 1. The Kier molecular flexibility index (Phi) is 5.60. The van der Waals surface area contributed by atoms with E-state index in [4.69, 9.17) is 10.5 Å². The molecule has 0 spiro atoms. The molecule has 0 fully saturated rings. The van der Waals surface area contributed by atoms with Gasteiger partial charge in [-0.25, -0.2) is 13.1 Å². The number of ether oxygens (including phenoxy) is 1. The average Bonchev–Trinajstić information content (AvgIpc) is 2.31. The number of anilines is 1. The largest absolute Gasteiger partial charge is 0.495 e. The smallest absolute Gasteiger partial charge is 0.244 e. The molecule has 6 nitrogen and oxygen atoms in total. The second-order valence-electron chi connectivity index (χ2n) is 4.23. The third-order valence-corrected chi connectivity index (χ3v) is 4.59. The maximum Gasteiger partial charge on any atom is 0.244 e. The highest BCUT2D eigenvalue weighted by molar-refractivity contribution is 9.10. The van der Waals surface area contributed by atoms with E-state index in [1.54, 1.807) is 0 Å². The molecule has 0 aliphatic heterocycles. The predicted molar refractivity (Wildman–Crippen MR) is 78.8 cm³/mol. The minimum atomic E-state index is -3.64. The number of nitrogens with two attached hydrogens (primary N) is 1. The van der Waals surface area contributed by atoms with Gasteiger partial charge in [-0.1, -0.05) is 0 Å². The van der Waals surface area contributed by atoms with E-state index in [2.05, 4.69) is 20.7 Å². The van der Waals surface area contributed by atoms with Gasteiger partial charge in [0.05, 0.1) is 7.11 Å². The first kappa shape index (κ1) is 16.2. The van der Waals surface area contributed by atoms with Crippen molar-refractivity contribution in [3.63, 3.8) is 0 Å². The van der Waals surface area contributed by atoms with Gasteiger partial charge in [-0.15, -0.1) is 0 Å². The van der Waals surface area contributed by atoms with Gasteiger partial charge in [0.25, 0.3) is 0 Å². The van der Waals surface area contributed by atoms with Gasteiger partial charge in [-0.3, -0.25) is 0 Å². The molecule has 0 aliphatic rings. The molecule has 0 aromatic heterocycles. The SMILES string of the molecule is COc1cc(Br)c(N)cc1S(=O)(=O)NCCN(C)C. The minimum absolute atomic E-state index is 0.0365. The van der Waals surface area contributed by atoms with Gasteiger partial charge in [-0.05, 0) is 42.2 Å². The van der Waals surface area contributed by atoms with Crippen molar-refractivity contribution < 1.29 is 13.2 Å². The molecule has 8 heteroatoms. The normalized spacial score (nSPS) is 11.8. The van der Waals surface area contributed by atoms with Crippen molar-refractivity contribution in [3.8, 4) is 5.75 Å². The number of nitrogen functional groups attached to an aromatic ring is 1. The van der Waals surface area contributed by atoms with Crippen molar-refractivity contribution in [2.45, 2.75) is 4.90 Å². The molecule has 1 aromatic rings. The zero-order valence-corrected chi connectivity index (χ0v) is 13.5. The quantitative estimate of drug-likeness (QED) is 0.743. The summed E-state index contributed by atoms with van der Waals surface area (Å²) in [6.45, 7) is 0.919. The molecule has 0 heterocycles. The molecule has 3 N–H and O–H groups in total. The van der Waals surface area contributed by atoms with Gasteiger partial charge in [0, 0.05) is 23.2 Å². The lowest BCUT2D eigenvalue weighted by atomic mass is 10.3. The number of methoxy groups -OCH3 is 1. The van der Waals surface area contributed by atoms with Gasteiger partial charge in [-0.2, -0.15) is 0 Å². The van der Waals surface area contributed by atoms with Gasteiger partial charge in [0.2, 0.25) is 10.0 Å². The van der Waals surface area contributed by atoms with Crippen LogP contribution >= 0.6 is 15.9 Å². The summed E-state index contributed by atoms with van der Waals surface area (Å²) in [6.07, 6.45) is 0. The van der Waals surface area contributed by atoms with Crippen molar-refractivity contribution in [3.05, 3.63) is 16.6 Å². The summed E-state index contributed by atoms with van der Waals surface area (Å²) in [5.74, 6) is 0.249. The second-order valence-corrected chi connectivity index (χ2v) is 6.82. The van der Waals surface area contributed by atoms with Crippen LogP contribution in [0, 0.1) is 0 Å². The van der Waals surface area contributed by atoms with Crippen molar-refractivity contribution in [1.29, 1.82) is 0 Å². The van der Waals surface area contributed by atoms with E-state index in [9.17, 15) is 8.42 Å². The highest BCUT2D eigenvalue weighted by Crippen LogP contribution is 2.32. The Hall–Kier alpha value is -0.830. The van der Waals surface area contributed by atoms with Crippen LogP contribution in [0.25, 0.3) is 0 Å². The lowest BCUT2D eigenvalue weighted by molar-refractivity contribution is 0.400. The van der Waals surface area contributed by atoms with Crippen molar-refractivity contribution in [2.75, 3.05) is 40.0 Å². The molecule has 0 saturated heterocycles. The van der Waals surface area contributed by atoms with E-state index in [1.807, 2.05) is 19.0 Å². The van der Waals surface area contributed by atoms with Crippen LogP contribution in [-0.2, 0) is 10.0 Å². The first-order valence-corrected chi connectivity index (χ1v) is 7.83. The summed E-state index contributed by atoms with van der Waals surface area (Å²) in [4.78, 5) is 1.92. The van der Waals surface area contributed by atoms with Crippen molar-refractivity contribution in [2.24, 2.45) is 0 Å². The Bertz CT molecular complexity index is 546. The second kappa shape index (κ2) is 6.56. The lowest BCUT2D eigenvalue weighted by Crippen LogP contribution is -2.31. The van der Waals surface area contributed by atoms with E-state index in [-0.39, 0.29) is 10.6 Å². The van der Waals surface area contributed by atoms with Crippen LogP contribution in [0.2, 0.25) is 0 Å². The highest BCUT2D eigenvalue weighted by atomic mass is 79.9. The van der Waals surface area contributed by atoms with Gasteiger partial charge < -0.3 is 15.4 Å². The summed E-state index contributed by atoms with van der Waals surface area (Å²) in [5, 5.41) is 0. The molecule has 0 atom stereocenters.